The molecule has 2 aromatic rings. The zero-order valence-electron chi connectivity index (χ0n) is 16.3. The number of ether oxygens (including phenoxy) is 3. The minimum Gasteiger partial charge on any atom is -0.497 e. The molecule has 1 aliphatic rings. The molecule has 156 valence electrons. The molecule has 0 spiro atoms. The quantitative estimate of drug-likeness (QED) is 0.683. The summed E-state index contributed by atoms with van der Waals surface area (Å²) in [6.07, 6.45) is -0.111. The lowest BCUT2D eigenvalue weighted by atomic mass is 10.2. The molecule has 0 unspecified atom stereocenters. The number of anilines is 1. The van der Waals surface area contributed by atoms with Crippen molar-refractivity contribution in [2.24, 2.45) is 0 Å². The Morgan fingerprint density at radius 3 is 2.57 bits per heavy atom. The van der Waals surface area contributed by atoms with Crippen molar-refractivity contribution in [1.82, 2.24) is 5.32 Å². The number of nitrogens with zero attached hydrogens (tertiary/aromatic N) is 1. The molecule has 30 heavy (non-hydrogen) atoms. The summed E-state index contributed by atoms with van der Waals surface area (Å²) in [4.78, 5) is 49.4. The second kappa shape index (κ2) is 9.55. The van der Waals surface area contributed by atoms with Crippen LogP contribution < -0.4 is 19.7 Å². The molecule has 3 amide bonds. The first kappa shape index (κ1) is 20.8. The fourth-order valence-electron chi connectivity index (χ4n) is 2.80. The Hall–Kier alpha value is -3.88. The van der Waals surface area contributed by atoms with Gasteiger partial charge < -0.3 is 19.1 Å². The topological polar surface area (TPSA) is 111 Å². The lowest BCUT2D eigenvalue weighted by Gasteiger charge is -2.28. The molecule has 9 nitrogen and oxygen atoms in total. The first-order chi connectivity index (χ1) is 14.5. The van der Waals surface area contributed by atoms with Crippen LogP contribution in [-0.2, 0) is 19.1 Å². The molecule has 3 rings (SSSR count). The molecule has 0 aliphatic carbocycles. The molecule has 0 saturated carbocycles. The highest BCUT2D eigenvalue weighted by Crippen LogP contribution is 2.31. The summed E-state index contributed by atoms with van der Waals surface area (Å²) in [6, 6.07) is 13.2. The highest BCUT2D eigenvalue weighted by atomic mass is 16.5. The van der Waals surface area contributed by atoms with Gasteiger partial charge in [-0.15, -0.1) is 0 Å². The number of methoxy groups -OCH3 is 1. The number of hydrogen-bond acceptors (Lipinski definition) is 7. The van der Waals surface area contributed by atoms with E-state index >= 15 is 0 Å². The van der Waals surface area contributed by atoms with Crippen LogP contribution in [0.5, 0.6) is 11.5 Å². The highest BCUT2D eigenvalue weighted by molar-refractivity contribution is 6.05. The Morgan fingerprint density at radius 2 is 1.83 bits per heavy atom. The minimum absolute atomic E-state index is 0.0877. The third-order valence-electron chi connectivity index (χ3n) is 4.32. The molecule has 1 aliphatic heterocycles. The Bertz CT molecular complexity index is 956. The summed E-state index contributed by atoms with van der Waals surface area (Å²) in [7, 11) is 1.50. The zero-order valence-corrected chi connectivity index (χ0v) is 16.3. The number of fused-ring (bicyclic) bond motifs is 1. The van der Waals surface area contributed by atoms with Crippen molar-refractivity contribution in [2.75, 3.05) is 31.8 Å². The largest absolute Gasteiger partial charge is 0.497 e. The van der Waals surface area contributed by atoms with Gasteiger partial charge in [0, 0.05) is 12.1 Å². The van der Waals surface area contributed by atoms with Crippen molar-refractivity contribution in [3.05, 3.63) is 54.1 Å². The molecule has 0 aromatic heterocycles. The van der Waals surface area contributed by atoms with Crippen molar-refractivity contribution in [1.29, 1.82) is 0 Å². The van der Waals surface area contributed by atoms with E-state index < -0.39 is 24.4 Å². The molecule has 0 fully saturated rings. The van der Waals surface area contributed by atoms with Gasteiger partial charge in [0.05, 0.1) is 19.2 Å². The number of imide groups is 1. The van der Waals surface area contributed by atoms with Crippen LogP contribution in [-0.4, -0.2) is 50.6 Å². The van der Waals surface area contributed by atoms with E-state index in [1.165, 1.54) is 24.1 Å². The highest BCUT2D eigenvalue weighted by Gasteiger charge is 2.25. The zero-order chi connectivity index (χ0) is 21.5. The first-order valence-electron chi connectivity index (χ1n) is 9.14. The van der Waals surface area contributed by atoms with Gasteiger partial charge in [-0.05, 0) is 36.4 Å². The van der Waals surface area contributed by atoms with Crippen molar-refractivity contribution < 1.29 is 33.4 Å². The third-order valence-corrected chi connectivity index (χ3v) is 4.32. The third kappa shape index (κ3) is 5.13. The number of nitrogens with one attached hydrogen (secondary N) is 1. The van der Waals surface area contributed by atoms with Gasteiger partial charge in [0.2, 0.25) is 0 Å². The number of rotatable bonds is 7. The fourth-order valence-corrected chi connectivity index (χ4v) is 2.80. The van der Waals surface area contributed by atoms with E-state index in [0.29, 0.717) is 17.2 Å². The summed E-state index contributed by atoms with van der Waals surface area (Å²) in [6.45, 7) is -0.624. The molecular formula is C21H20N2O7. The van der Waals surface area contributed by atoms with Gasteiger partial charge in [-0.3, -0.25) is 24.5 Å². The SMILES string of the molecule is COc1ccc(C(=O)NC(=O)COC(=O)CCN2C(=O)COc3ccccc32)cc1. The van der Waals surface area contributed by atoms with Crippen molar-refractivity contribution in [2.45, 2.75) is 6.42 Å². The standard InChI is InChI=1S/C21H20N2O7/c1-28-15-8-6-14(7-9-15)21(27)22-18(24)12-30-20(26)10-11-23-16-4-2-3-5-17(16)29-13-19(23)25/h2-9H,10-13H2,1H3,(H,22,24,27). The summed E-state index contributed by atoms with van der Waals surface area (Å²) in [5.74, 6) is -1.18. The maximum atomic E-state index is 12.1. The van der Waals surface area contributed by atoms with Crippen LogP contribution in [0, 0.1) is 0 Å². The smallest absolute Gasteiger partial charge is 0.308 e. The number of carbonyl (C=O) groups excluding carboxylic acids is 4. The second-order valence-electron chi connectivity index (χ2n) is 6.32. The van der Waals surface area contributed by atoms with Gasteiger partial charge in [-0.1, -0.05) is 12.1 Å². The van der Waals surface area contributed by atoms with E-state index in [-0.39, 0.29) is 31.0 Å². The van der Waals surface area contributed by atoms with Crippen LogP contribution in [0.4, 0.5) is 5.69 Å². The van der Waals surface area contributed by atoms with Gasteiger partial charge in [0.1, 0.15) is 11.5 Å². The number of hydrogen-bond donors (Lipinski definition) is 1. The van der Waals surface area contributed by atoms with E-state index in [1.807, 2.05) is 0 Å². The predicted molar refractivity (Wildman–Crippen MR) is 105 cm³/mol. The molecule has 2 aromatic carbocycles. The van der Waals surface area contributed by atoms with Crippen LogP contribution in [0.1, 0.15) is 16.8 Å². The fraction of sp³-hybridized carbons (Fsp3) is 0.238. The van der Waals surface area contributed by atoms with Gasteiger partial charge in [0.25, 0.3) is 17.7 Å². The maximum Gasteiger partial charge on any atom is 0.308 e. The number of esters is 1. The molecular weight excluding hydrogens is 392 g/mol. The normalized spacial score (nSPS) is 12.4. The average molecular weight is 412 g/mol. The van der Waals surface area contributed by atoms with Gasteiger partial charge in [0.15, 0.2) is 13.2 Å². The Morgan fingerprint density at radius 1 is 1.10 bits per heavy atom. The number of benzene rings is 2. The lowest BCUT2D eigenvalue weighted by Crippen LogP contribution is -2.40. The van der Waals surface area contributed by atoms with Crippen molar-refractivity contribution in [3.63, 3.8) is 0 Å². The number of para-hydroxylation sites is 2. The van der Waals surface area contributed by atoms with Crippen LogP contribution in [0.3, 0.4) is 0 Å². The minimum atomic E-state index is -0.753. The maximum absolute atomic E-state index is 12.1. The Labute approximate surface area is 172 Å². The molecule has 0 bridgehead atoms. The molecule has 1 heterocycles. The summed E-state index contributed by atoms with van der Waals surface area (Å²) in [5, 5.41) is 2.14. The average Bonchev–Trinajstić information content (AvgIpc) is 2.77. The van der Waals surface area contributed by atoms with Crippen molar-refractivity contribution in [3.8, 4) is 11.5 Å². The number of carbonyl (C=O) groups is 4. The van der Waals surface area contributed by atoms with Crippen LogP contribution in [0.15, 0.2) is 48.5 Å². The van der Waals surface area contributed by atoms with Gasteiger partial charge in [-0.2, -0.15) is 0 Å². The first-order valence-corrected chi connectivity index (χ1v) is 9.14. The van der Waals surface area contributed by atoms with E-state index in [2.05, 4.69) is 5.32 Å². The van der Waals surface area contributed by atoms with Crippen LogP contribution in [0.25, 0.3) is 0 Å². The Balaban J connectivity index is 1.45. The summed E-state index contributed by atoms with van der Waals surface area (Å²) < 4.78 is 15.2. The van der Waals surface area contributed by atoms with E-state index in [1.54, 1.807) is 36.4 Å². The van der Waals surface area contributed by atoms with Crippen LogP contribution >= 0.6 is 0 Å². The second-order valence-corrected chi connectivity index (χ2v) is 6.32. The van der Waals surface area contributed by atoms with Gasteiger partial charge >= 0.3 is 5.97 Å². The van der Waals surface area contributed by atoms with E-state index in [9.17, 15) is 19.2 Å². The van der Waals surface area contributed by atoms with Crippen LogP contribution in [0.2, 0.25) is 0 Å². The molecule has 0 radical (unpaired) electrons. The predicted octanol–water partition coefficient (Wildman–Crippen LogP) is 1.31. The summed E-state index contributed by atoms with van der Waals surface area (Å²) in [5.41, 5.74) is 0.837. The van der Waals surface area contributed by atoms with E-state index in [4.69, 9.17) is 14.2 Å². The number of amides is 3. The molecule has 0 atom stereocenters. The molecule has 0 saturated heterocycles. The van der Waals surface area contributed by atoms with Gasteiger partial charge in [-0.25, -0.2) is 0 Å². The van der Waals surface area contributed by atoms with E-state index in [0.717, 1.165) is 0 Å². The monoisotopic (exact) mass is 412 g/mol. The van der Waals surface area contributed by atoms with Crippen molar-refractivity contribution >= 4 is 29.4 Å². The molecule has 1 N–H and O–H groups in total. The lowest BCUT2D eigenvalue weighted by molar-refractivity contribution is -0.148. The Kier molecular flexibility index (Phi) is 6.63. The summed E-state index contributed by atoms with van der Waals surface area (Å²) >= 11 is 0. The molecule has 9 heteroatoms.